The van der Waals surface area contributed by atoms with Gasteiger partial charge in [-0.2, -0.15) is 0 Å². The van der Waals surface area contributed by atoms with Gasteiger partial charge in [0.25, 0.3) is 5.97 Å². The first kappa shape index (κ1) is 21.9. The summed E-state index contributed by atoms with van der Waals surface area (Å²) in [5.41, 5.74) is 2.69. The summed E-state index contributed by atoms with van der Waals surface area (Å²) in [6, 6.07) is 15.7. The number of carbonyl (C=O) groups excluding carboxylic acids is 1. The van der Waals surface area contributed by atoms with Gasteiger partial charge in [0.15, 0.2) is 0 Å². The van der Waals surface area contributed by atoms with Crippen molar-refractivity contribution in [1.29, 1.82) is 0 Å². The molecule has 146 valence electrons. The Hall–Kier alpha value is -2.79. The molecule has 1 amide bonds. The molecule has 0 bridgehead atoms. The van der Waals surface area contributed by atoms with Crippen molar-refractivity contribution in [2.45, 2.75) is 6.92 Å². The van der Waals surface area contributed by atoms with E-state index in [1.807, 2.05) is 42.5 Å². The minimum atomic E-state index is -0.833. The van der Waals surface area contributed by atoms with Crippen LogP contribution in [0.4, 0.5) is 5.69 Å². The van der Waals surface area contributed by atoms with Gasteiger partial charge in [-0.1, -0.05) is 0 Å². The molecular formula is C19H15N6NaO3S. The van der Waals surface area contributed by atoms with Crippen LogP contribution in [0.2, 0.25) is 0 Å². The Labute approximate surface area is 193 Å². The molecule has 2 aromatic carbocycles. The van der Waals surface area contributed by atoms with Crippen molar-refractivity contribution in [2.24, 2.45) is 4.99 Å². The molecule has 0 saturated carbocycles. The van der Waals surface area contributed by atoms with Gasteiger partial charge in [-0.25, -0.2) is 4.68 Å². The Kier molecular flexibility index (Phi) is 7.52. The number of hydrogen-bond acceptors (Lipinski definition) is 7. The van der Waals surface area contributed by atoms with E-state index >= 15 is 0 Å². The second kappa shape index (κ2) is 10.3. The standard InChI is InChI=1S/C17H11N6OS.C2H4O2.Na/c24-16-15(25-17(20-16)19-13-4-2-1-3-5-13)10-12-6-8-14(9-7-12)23-11-18-21-22-23;1-2(3)4;/h2-11H,(H,19,20,24);1H3,(H,3,4);/b15-10-;;. The van der Waals surface area contributed by atoms with Crippen LogP contribution in [0.5, 0.6) is 0 Å². The van der Waals surface area contributed by atoms with Gasteiger partial charge in [-0.15, -0.1) is 5.10 Å². The zero-order chi connectivity index (χ0) is 21.5. The molecule has 1 aliphatic rings. The molecule has 30 heavy (non-hydrogen) atoms. The third kappa shape index (κ3) is 6.36. The number of thioether (sulfide) groups is 1. The Balaban J connectivity index is 0.000000589. The van der Waals surface area contributed by atoms with Gasteiger partial charge in [0.05, 0.1) is 5.69 Å². The van der Waals surface area contributed by atoms with Crippen LogP contribution in [0.15, 0.2) is 64.8 Å². The number of anilines is 1. The van der Waals surface area contributed by atoms with Crippen LogP contribution in [-0.2, 0) is 9.59 Å². The monoisotopic (exact) mass is 430 g/mol. The van der Waals surface area contributed by atoms with Crippen LogP contribution in [-0.4, -0.2) is 70.3 Å². The molecule has 1 aliphatic heterocycles. The topological polar surface area (TPSA) is 122 Å². The molecule has 0 atom stereocenters. The Morgan fingerprint density at radius 2 is 1.83 bits per heavy atom. The summed E-state index contributed by atoms with van der Waals surface area (Å²) in [6.45, 7) is 1.08. The molecule has 4 rings (SSSR count). The summed E-state index contributed by atoms with van der Waals surface area (Å²) in [4.78, 5) is 25.8. The Bertz CT molecular complexity index is 1090. The van der Waals surface area contributed by atoms with Crippen LogP contribution >= 0.6 is 11.8 Å². The van der Waals surface area contributed by atoms with Crippen LogP contribution < -0.4 is 8.13 Å². The number of nitrogens with one attached hydrogen (secondary N) is 1. The van der Waals surface area contributed by atoms with Gasteiger partial charge in [0.2, 0.25) is 0 Å². The molecule has 0 aliphatic carbocycles. The maximum atomic E-state index is 12.1. The number of amides is 1. The Morgan fingerprint density at radius 3 is 2.43 bits per heavy atom. The van der Waals surface area contributed by atoms with Gasteiger partial charge in [-0.05, 0) is 10.4 Å². The van der Waals surface area contributed by atoms with Crippen molar-refractivity contribution >= 4 is 71.3 Å². The number of nitrogens with zero attached hydrogens (tertiary/aromatic N) is 5. The third-order valence-electron chi connectivity index (χ3n) is 3.73. The number of aromatic nitrogens is 4. The van der Waals surface area contributed by atoms with Gasteiger partial charge in [0, 0.05) is 6.92 Å². The molecule has 9 nitrogen and oxygen atoms in total. The number of benzene rings is 2. The Morgan fingerprint density at radius 1 is 1.17 bits per heavy atom. The summed E-state index contributed by atoms with van der Waals surface area (Å²) in [5, 5.41) is 22.3. The van der Waals surface area contributed by atoms with Gasteiger partial charge in [-0.3, -0.25) is 4.79 Å². The number of rotatable bonds is 3. The number of carboxylic acid groups (broad SMARTS) is 1. The number of amidine groups is 1. The second-order valence-corrected chi connectivity index (χ2v) is 8.37. The van der Waals surface area contributed by atoms with Crippen LogP contribution in [0.1, 0.15) is 12.5 Å². The number of hydrogen-bond donors (Lipinski definition) is 2. The van der Waals surface area contributed by atoms with Gasteiger partial charge < -0.3 is 5.11 Å². The van der Waals surface area contributed by atoms with E-state index in [1.54, 1.807) is 4.68 Å². The SMILES string of the molecule is CC(=O)O.O=C1N=C(Nc2cc[c]([Na])cc2)S/C1=C\c1ccc(-n2cnnn2)cc1. The predicted octanol–water partition coefficient (Wildman–Crippen LogP) is 1.63. The van der Waals surface area contributed by atoms with E-state index in [4.69, 9.17) is 9.90 Å². The maximum absolute atomic E-state index is 12.1. The number of carbonyl (C=O) groups is 2. The molecule has 2 N–H and O–H groups in total. The first-order valence-corrected chi connectivity index (χ1v) is 10.6. The van der Waals surface area contributed by atoms with E-state index in [9.17, 15) is 4.79 Å². The molecule has 3 aromatic rings. The first-order chi connectivity index (χ1) is 14.4. The van der Waals surface area contributed by atoms with Crippen LogP contribution in [0.25, 0.3) is 11.8 Å². The summed E-state index contributed by atoms with van der Waals surface area (Å²) < 4.78 is 2.89. The van der Waals surface area contributed by atoms with Crippen molar-refractivity contribution in [3.8, 4) is 5.69 Å². The molecule has 0 unspecified atom stereocenters. The van der Waals surface area contributed by atoms with Crippen molar-refractivity contribution in [2.75, 3.05) is 5.32 Å². The molecule has 11 heteroatoms. The van der Waals surface area contributed by atoms with E-state index < -0.39 is 5.97 Å². The summed E-state index contributed by atoms with van der Waals surface area (Å²) >= 11 is 2.35. The average molecular weight is 430 g/mol. The number of aliphatic imine (C=N–C) groups is 1. The molecular weight excluding hydrogens is 415 g/mol. The molecule has 0 radical (unpaired) electrons. The number of aliphatic carboxylic acids is 1. The quantitative estimate of drug-likeness (QED) is 0.475. The van der Waals surface area contributed by atoms with E-state index in [2.05, 4.69) is 38.0 Å². The van der Waals surface area contributed by atoms with Crippen LogP contribution in [0.3, 0.4) is 0 Å². The van der Waals surface area contributed by atoms with Crippen molar-refractivity contribution in [3.05, 3.63) is 65.3 Å². The second-order valence-electron chi connectivity index (χ2n) is 6.19. The van der Waals surface area contributed by atoms with Crippen molar-refractivity contribution in [3.63, 3.8) is 0 Å². The minimum absolute atomic E-state index is 0.235. The van der Waals surface area contributed by atoms with Crippen molar-refractivity contribution < 1.29 is 14.7 Å². The van der Waals surface area contributed by atoms with E-state index in [-0.39, 0.29) is 5.91 Å². The fraction of sp³-hybridized carbons (Fsp3) is 0.0526. The molecule has 0 spiro atoms. The summed E-state index contributed by atoms with van der Waals surface area (Å²) in [5.74, 6) is -1.07. The van der Waals surface area contributed by atoms with Gasteiger partial charge in [0.1, 0.15) is 6.33 Å². The fourth-order valence-corrected chi connectivity index (χ4v) is 3.54. The summed E-state index contributed by atoms with van der Waals surface area (Å²) in [7, 11) is 0. The van der Waals surface area contributed by atoms with Gasteiger partial charge >= 0.3 is 139 Å². The first-order valence-electron chi connectivity index (χ1n) is 8.80. The van der Waals surface area contributed by atoms with E-state index in [0.717, 1.165) is 51.8 Å². The van der Waals surface area contributed by atoms with E-state index in [1.165, 1.54) is 20.9 Å². The zero-order valence-corrected chi connectivity index (χ0v) is 19.0. The van der Waals surface area contributed by atoms with E-state index in [0.29, 0.717) is 10.1 Å². The molecule has 0 fully saturated rings. The molecule has 1 aromatic heterocycles. The normalized spacial score (nSPS) is 14.2. The average Bonchev–Trinajstić information content (AvgIpc) is 3.35. The van der Waals surface area contributed by atoms with Crippen LogP contribution in [0, 0.1) is 0 Å². The fourth-order valence-electron chi connectivity index (χ4n) is 2.38. The predicted molar refractivity (Wildman–Crippen MR) is 116 cm³/mol. The third-order valence-corrected chi connectivity index (χ3v) is 5.29. The molecule has 2 heterocycles. The number of tetrazole rings is 1. The number of carboxylic acids is 1. The van der Waals surface area contributed by atoms with Crippen molar-refractivity contribution in [1.82, 2.24) is 20.2 Å². The summed E-state index contributed by atoms with van der Waals surface area (Å²) in [6.07, 6.45) is 3.36. The zero-order valence-electron chi connectivity index (χ0n) is 16.2. The molecule has 0 saturated heterocycles.